The van der Waals surface area contributed by atoms with E-state index in [1.54, 1.807) is 49.4 Å². The fourth-order valence-electron chi connectivity index (χ4n) is 4.30. The molecule has 1 N–H and O–H groups in total. The van der Waals surface area contributed by atoms with Crippen molar-refractivity contribution in [1.29, 1.82) is 0 Å². The van der Waals surface area contributed by atoms with E-state index < -0.39 is 29.6 Å². The maximum absolute atomic E-state index is 14.3. The Morgan fingerprint density at radius 2 is 1.92 bits per heavy atom. The summed E-state index contributed by atoms with van der Waals surface area (Å²) in [4.78, 5) is 24.5. The van der Waals surface area contributed by atoms with Gasteiger partial charge in [-0.05, 0) is 78.7 Å². The summed E-state index contributed by atoms with van der Waals surface area (Å²) in [7, 11) is 0. The van der Waals surface area contributed by atoms with E-state index in [1.165, 1.54) is 17.4 Å². The fourth-order valence-corrected chi connectivity index (χ4v) is 5.38. The van der Waals surface area contributed by atoms with Gasteiger partial charge in [0, 0.05) is 15.6 Å². The molecule has 1 atom stereocenters. The lowest BCUT2D eigenvalue weighted by atomic mass is 10.0. The summed E-state index contributed by atoms with van der Waals surface area (Å²) in [5.74, 6) is -2.37. The van der Waals surface area contributed by atoms with Gasteiger partial charge >= 0.3 is 11.9 Å². The highest BCUT2D eigenvalue weighted by atomic mass is 32.1. The van der Waals surface area contributed by atoms with Crippen molar-refractivity contribution in [1.82, 2.24) is 5.32 Å². The minimum Gasteiger partial charge on any atom is -0.489 e. The highest BCUT2D eigenvalue weighted by molar-refractivity contribution is 7.18. The Morgan fingerprint density at radius 3 is 2.67 bits per heavy atom. The van der Waals surface area contributed by atoms with Crippen LogP contribution < -0.4 is 10.1 Å². The topological polar surface area (TPSA) is 64.6 Å². The minimum absolute atomic E-state index is 0.193. The van der Waals surface area contributed by atoms with Crippen molar-refractivity contribution >= 4 is 33.4 Å². The number of halogens is 2. The molecule has 0 spiro atoms. The van der Waals surface area contributed by atoms with E-state index in [4.69, 9.17) is 9.47 Å². The van der Waals surface area contributed by atoms with Gasteiger partial charge in [-0.2, -0.15) is 0 Å². The Labute approximate surface area is 210 Å². The van der Waals surface area contributed by atoms with E-state index >= 15 is 0 Å². The van der Waals surface area contributed by atoms with E-state index in [0.29, 0.717) is 33.4 Å². The summed E-state index contributed by atoms with van der Waals surface area (Å²) < 4.78 is 40.1. The third-order valence-electron chi connectivity index (χ3n) is 6.19. The van der Waals surface area contributed by atoms with Gasteiger partial charge in [-0.15, -0.1) is 11.3 Å². The van der Waals surface area contributed by atoms with E-state index in [2.05, 4.69) is 5.32 Å². The molecule has 4 aromatic rings. The van der Waals surface area contributed by atoms with Crippen LogP contribution in [0.15, 0.2) is 60.0 Å². The lowest BCUT2D eigenvalue weighted by Gasteiger charge is -2.11. The number of fused-ring (bicyclic) bond motifs is 1. The molecule has 0 unspecified atom stereocenters. The van der Waals surface area contributed by atoms with Crippen LogP contribution in [0.25, 0.3) is 21.2 Å². The van der Waals surface area contributed by atoms with Crippen LogP contribution in [0.3, 0.4) is 0 Å². The van der Waals surface area contributed by atoms with Crippen molar-refractivity contribution in [3.8, 4) is 16.9 Å². The molecule has 5 rings (SSSR count). The van der Waals surface area contributed by atoms with Gasteiger partial charge in [0.25, 0.3) is 0 Å². The quantitative estimate of drug-likeness (QED) is 0.250. The number of hydrogen-bond donors (Lipinski definition) is 1. The molecular weight excluding hydrogens is 484 g/mol. The number of carbonyl (C=O) groups excluding carboxylic acids is 2. The van der Waals surface area contributed by atoms with Crippen molar-refractivity contribution in [2.45, 2.75) is 32.4 Å². The molecule has 0 amide bonds. The Balaban J connectivity index is 1.26. The standard InChI is InChI=1S/C28H23F2NO4S/c1-16-15-36-26-21(13-22(29)25(30)24(16)26)18-7-9-20(10-8-18)34-14-17-4-2-5-19(12-17)27(32)35-28(33)23-6-3-11-31-23/h2,4-5,7-10,12-13,15,23,31H,3,6,11,14H2,1H3/t23-/m0/s1. The van der Waals surface area contributed by atoms with Crippen LogP contribution in [0, 0.1) is 18.6 Å². The summed E-state index contributed by atoms with van der Waals surface area (Å²) in [6, 6.07) is 14.6. The SMILES string of the molecule is Cc1csc2c(-c3ccc(OCc4cccc(C(=O)OC(=O)[C@@H]5CCCN5)c4)cc3)cc(F)c(F)c12. The van der Waals surface area contributed by atoms with Crippen molar-refractivity contribution < 1.29 is 27.8 Å². The summed E-state index contributed by atoms with van der Waals surface area (Å²) >= 11 is 1.38. The molecule has 184 valence electrons. The molecule has 1 aliphatic rings. The molecule has 0 radical (unpaired) electrons. The molecule has 1 aliphatic heterocycles. The van der Waals surface area contributed by atoms with Gasteiger partial charge in [-0.1, -0.05) is 24.3 Å². The molecule has 1 aromatic heterocycles. The average molecular weight is 508 g/mol. The predicted octanol–water partition coefficient (Wildman–Crippen LogP) is 6.17. The number of esters is 2. The maximum Gasteiger partial charge on any atom is 0.345 e. The molecule has 1 fully saturated rings. The number of nitrogens with one attached hydrogen (secondary N) is 1. The first-order valence-electron chi connectivity index (χ1n) is 11.6. The van der Waals surface area contributed by atoms with Gasteiger partial charge in [0.05, 0.1) is 5.56 Å². The third kappa shape index (κ3) is 4.87. The number of aryl methyl sites for hydroxylation is 1. The summed E-state index contributed by atoms with van der Waals surface area (Å²) in [5, 5.41) is 5.14. The Kier molecular flexibility index (Phi) is 6.80. The molecule has 0 aliphatic carbocycles. The van der Waals surface area contributed by atoms with Gasteiger partial charge in [-0.25, -0.2) is 18.4 Å². The summed E-state index contributed by atoms with van der Waals surface area (Å²) in [6.07, 6.45) is 1.54. The molecule has 2 heterocycles. The Morgan fingerprint density at radius 1 is 1.11 bits per heavy atom. The molecule has 5 nitrogen and oxygen atoms in total. The van der Waals surface area contributed by atoms with Gasteiger partial charge in [0.1, 0.15) is 18.4 Å². The van der Waals surface area contributed by atoms with Crippen LogP contribution in [-0.4, -0.2) is 24.5 Å². The van der Waals surface area contributed by atoms with Crippen LogP contribution in [-0.2, 0) is 16.1 Å². The van der Waals surface area contributed by atoms with Gasteiger partial charge in [-0.3, -0.25) is 0 Å². The average Bonchev–Trinajstić information content (AvgIpc) is 3.56. The van der Waals surface area contributed by atoms with Gasteiger partial charge in [0.15, 0.2) is 11.6 Å². The van der Waals surface area contributed by atoms with Gasteiger partial charge in [0.2, 0.25) is 0 Å². The predicted molar refractivity (Wildman–Crippen MR) is 134 cm³/mol. The largest absolute Gasteiger partial charge is 0.489 e. The van der Waals surface area contributed by atoms with Crippen molar-refractivity contribution in [3.63, 3.8) is 0 Å². The number of rotatable bonds is 6. The first-order chi connectivity index (χ1) is 17.4. The smallest absolute Gasteiger partial charge is 0.345 e. The monoisotopic (exact) mass is 507 g/mol. The molecule has 36 heavy (non-hydrogen) atoms. The fraction of sp³-hybridized carbons (Fsp3) is 0.214. The van der Waals surface area contributed by atoms with Crippen LogP contribution in [0.5, 0.6) is 5.75 Å². The first kappa shape index (κ1) is 24.1. The molecule has 3 aromatic carbocycles. The molecular formula is C28H23F2NO4S. The summed E-state index contributed by atoms with van der Waals surface area (Å²) in [6.45, 7) is 2.69. The van der Waals surface area contributed by atoms with Crippen LogP contribution in [0.2, 0.25) is 0 Å². The van der Waals surface area contributed by atoms with E-state index in [-0.39, 0.29) is 12.2 Å². The molecule has 8 heteroatoms. The van der Waals surface area contributed by atoms with Crippen LogP contribution in [0.1, 0.15) is 34.3 Å². The first-order valence-corrected chi connectivity index (χ1v) is 12.5. The zero-order valence-electron chi connectivity index (χ0n) is 19.5. The molecule has 1 saturated heterocycles. The second kappa shape index (κ2) is 10.2. The van der Waals surface area contributed by atoms with E-state index in [1.807, 2.05) is 11.4 Å². The highest BCUT2D eigenvalue weighted by Gasteiger charge is 2.26. The number of hydrogen-bond acceptors (Lipinski definition) is 6. The summed E-state index contributed by atoms with van der Waals surface area (Å²) in [5.41, 5.74) is 3.09. The number of ether oxygens (including phenoxy) is 2. The Hall–Kier alpha value is -3.62. The maximum atomic E-state index is 14.3. The number of thiophene rings is 1. The van der Waals surface area contributed by atoms with E-state index in [0.717, 1.165) is 24.1 Å². The van der Waals surface area contributed by atoms with Crippen LogP contribution >= 0.6 is 11.3 Å². The minimum atomic E-state index is -0.876. The lowest BCUT2D eigenvalue weighted by molar-refractivity contribution is -0.139. The van der Waals surface area contributed by atoms with Crippen molar-refractivity contribution in [2.75, 3.05) is 6.54 Å². The van der Waals surface area contributed by atoms with Crippen LogP contribution in [0.4, 0.5) is 8.78 Å². The number of benzene rings is 3. The van der Waals surface area contributed by atoms with Crippen molar-refractivity contribution in [2.24, 2.45) is 0 Å². The zero-order chi connectivity index (χ0) is 25.2. The normalized spacial score (nSPS) is 15.2. The van der Waals surface area contributed by atoms with E-state index in [9.17, 15) is 18.4 Å². The third-order valence-corrected chi connectivity index (χ3v) is 7.32. The molecule has 0 bridgehead atoms. The lowest BCUT2D eigenvalue weighted by Crippen LogP contribution is -2.33. The highest BCUT2D eigenvalue weighted by Crippen LogP contribution is 2.38. The van der Waals surface area contributed by atoms with Crippen molar-refractivity contribution in [3.05, 3.63) is 88.3 Å². The van der Waals surface area contributed by atoms with Gasteiger partial charge < -0.3 is 14.8 Å². The zero-order valence-corrected chi connectivity index (χ0v) is 20.3. The second-order valence-electron chi connectivity index (χ2n) is 8.71. The Bertz CT molecular complexity index is 1440. The second-order valence-corrected chi connectivity index (χ2v) is 9.59. The number of carbonyl (C=O) groups is 2. The molecule has 0 saturated carbocycles.